The monoisotopic (exact) mass is 858 g/mol. The van der Waals surface area contributed by atoms with Gasteiger partial charge in [0.1, 0.15) is 36.0 Å². The number of benzene rings is 1. The van der Waals surface area contributed by atoms with Crippen LogP contribution < -0.4 is 43.4 Å². The van der Waals surface area contributed by atoms with Gasteiger partial charge < -0.3 is 63.4 Å². The highest BCUT2D eigenvalue weighted by Crippen LogP contribution is 2.25. The van der Waals surface area contributed by atoms with E-state index in [-0.39, 0.29) is 56.9 Å². The molecule has 9 amide bonds. The fourth-order valence-corrected chi connectivity index (χ4v) is 6.86. The number of phenolic OH excluding ortho intramolecular Hbond substituents is 1. The van der Waals surface area contributed by atoms with Gasteiger partial charge in [-0.2, -0.15) is 0 Å². The second kappa shape index (κ2) is 23.5. The second-order valence-corrected chi connectivity index (χ2v) is 15.5. The summed E-state index contributed by atoms with van der Waals surface area (Å²) in [4.78, 5) is 130. The van der Waals surface area contributed by atoms with Gasteiger partial charge in [0, 0.05) is 25.9 Å². The Bertz CT molecular complexity index is 1790. The Hall–Kier alpha value is -6.32. The number of carbonyl (C=O) groups excluding carboxylic acids is 9. The number of carboxylic acid groups (broad SMARTS) is 1. The molecule has 2 heterocycles. The quantitative estimate of drug-likeness (QED) is 0.0541. The summed E-state index contributed by atoms with van der Waals surface area (Å²) in [6.45, 7) is 3.77. The number of carbonyl (C=O) groups is 10. The van der Waals surface area contributed by atoms with E-state index in [0.29, 0.717) is 24.8 Å². The summed E-state index contributed by atoms with van der Waals surface area (Å²) < 4.78 is 0. The standard InChI is InChI=1S/C39H58N10O12/c1-21(2)16-26(46-34(55)22(3)40)36(57)45-25(12-13-30(41)51)35(56)44-19-32(53)42-18-31(52)43-20-33(54)48-14-5-7-29(48)38(59)49-15-4-6-28(49)37(58)47-27(39(60)61)17-23-8-10-24(50)11-9-23/h8-11,21-22,25-29,50H,4-7,12-20,40H2,1-3H3,(H2,41,51)(H,42,53)(H,43,52)(H,44,56)(H,45,57)(H,46,55)(H,47,58)(H,60,61)/t22-,25-,26-,27-,28-,29-/m0/s1. The van der Waals surface area contributed by atoms with Crippen molar-refractivity contribution in [3.63, 3.8) is 0 Å². The van der Waals surface area contributed by atoms with E-state index >= 15 is 0 Å². The van der Waals surface area contributed by atoms with Crippen LogP contribution in [0.2, 0.25) is 0 Å². The molecule has 2 aliphatic rings. The van der Waals surface area contributed by atoms with Crippen molar-refractivity contribution in [2.75, 3.05) is 32.7 Å². The second-order valence-electron chi connectivity index (χ2n) is 15.5. The van der Waals surface area contributed by atoms with Crippen molar-refractivity contribution in [2.24, 2.45) is 17.4 Å². The molecule has 0 bridgehead atoms. The highest BCUT2D eigenvalue weighted by Gasteiger charge is 2.42. The number of nitrogens with zero attached hydrogens (tertiary/aromatic N) is 2. The molecule has 22 nitrogen and oxygen atoms in total. The van der Waals surface area contributed by atoms with Crippen molar-refractivity contribution >= 4 is 59.1 Å². The van der Waals surface area contributed by atoms with Crippen molar-refractivity contribution in [1.82, 2.24) is 41.7 Å². The van der Waals surface area contributed by atoms with Gasteiger partial charge in [-0.1, -0.05) is 26.0 Å². The lowest BCUT2D eigenvalue weighted by atomic mass is 10.0. The number of likely N-dealkylation sites (tertiary alicyclic amines) is 2. The third-order valence-electron chi connectivity index (χ3n) is 10.1. The molecule has 2 aliphatic heterocycles. The highest BCUT2D eigenvalue weighted by atomic mass is 16.4. The van der Waals surface area contributed by atoms with Gasteiger partial charge in [-0.25, -0.2) is 4.79 Å². The van der Waals surface area contributed by atoms with E-state index in [1.165, 1.54) is 41.0 Å². The van der Waals surface area contributed by atoms with Crippen LogP contribution in [0.3, 0.4) is 0 Å². The van der Waals surface area contributed by atoms with Crippen LogP contribution >= 0.6 is 0 Å². The third kappa shape index (κ3) is 15.7. The van der Waals surface area contributed by atoms with Crippen molar-refractivity contribution in [3.05, 3.63) is 29.8 Å². The minimum atomic E-state index is -1.31. The molecule has 0 spiro atoms. The molecule has 0 saturated carbocycles. The number of amides is 9. The molecule has 2 saturated heterocycles. The van der Waals surface area contributed by atoms with Crippen molar-refractivity contribution in [3.8, 4) is 5.75 Å². The number of carboxylic acids is 1. The first kappa shape index (κ1) is 49.0. The summed E-state index contributed by atoms with van der Waals surface area (Å²) in [5, 5.41) is 33.8. The molecular formula is C39H58N10O12. The molecule has 336 valence electrons. The number of aromatic hydroxyl groups is 1. The largest absolute Gasteiger partial charge is 0.508 e. The summed E-state index contributed by atoms with van der Waals surface area (Å²) >= 11 is 0. The van der Waals surface area contributed by atoms with Crippen molar-refractivity contribution in [1.29, 1.82) is 0 Å². The van der Waals surface area contributed by atoms with Crippen LogP contribution in [0.5, 0.6) is 5.75 Å². The van der Waals surface area contributed by atoms with Crippen molar-refractivity contribution in [2.45, 2.75) is 108 Å². The van der Waals surface area contributed by atoms with E-state index in [4.69, 9.17) is 11.5 Å². The molecule has 22 heteroatoms. The summed E-state index contributed by atoms with van der Waals surface area (Å²) in [6.07, 6.45) is 1.21. The molecule has 3 rings (SSSR count). The smallest absolute Gasteiger partial charge is 0.326 e. The molecular weight excluding hydrogens is 800 g/mol. The topological polar surface area (TPSA) is 342 Å². The van der Waals surface area contributed by atoms with Crippen LogP contribution in [0.15, 0.2) is 24.3 Å². The molecule has 0 aromatic heterocycles. The van der Waals surface area contributed by atoms with E-state index in [2.05, 4.69) is 31.9 Å². The van der Waals surface area contributed by atoms with E-state index in [1.54, 1.807) is 0 Å². The van der Waals surface area contributed by atoms with E-state index in [9.17, 15) is 58.2 Å². The summed E-state index contributed by atoms with van der Waals surface area (Å²) in [6, 6.07) is -0.568. The molecule has 1 aromatic carbocycles. The van der Waals surface area contributed by atoms with Gasteiger partial charge in [-0.05, 0) is 69.1 Å². The molecule has 1 aromatic rings. The van der Waals surface area contributed by atoms with Crippen molar-refractivity contribution < 1.29 is 58.2 Å². The number of nitrogens with two attached hydrogens (primary N) is 2. The van der Waals surface area contributed by atoms with Gasteiger partial charge >= 0.3 is 5.97 Å². The lowest BCUT2D eigenvalue weighted by molar-refractivity contribution is -0.147. The molecule has 2 fully saturated rings. The number of hydrogen-bond donors (Lipinski definition) is 10. The first-order chi connectivity index (χ1) is 28.8. The lowest BCUT2D eigenvalue weighted by Crippen LogP contribution is -2.56. The normalized spacial score (nSPS) is 17.9. The van der Waals surface area contributed by atoms with Crippen LogP contribution in [0, 0.1) is 5.92 Å². The van der Waals surface area contributed by atoms with Gasteiger partial charge in [0.25, 0.3) is 0 Å². The molecule has 0 radical (unpaired) electrons. The summed E-state index contributed by atoms with van der Waals surface area (Å²) in [5.41, 5.74) is 11.4. The van der Waals surface area contributed by atoms with E-state index in [1.807, 2.05) is 13.8 Å². The number of hydrogen-bond acceptors (Lipinski definition) is 12. The zero-order chi connectivity index (χ0) is 45.4. The maximum absolute atomic E-state index is 13.7. The lowest BCUT2D eigenvalue weighted by Gasteiger charge is -2.31. The molecule has 61 heavy (non-hydrogen) atoms. The summed E-state index contributed by atoms with van der Waals surface area (Å²) in [7, 11) is 0. The number of primary amides is 1. The Balaban J connectivity index is 1.49. The Morgan fingerprint density at radius 2 is 1.30 bits per heavy atom. The van der Waals surface area contributed by atoms with Crippen LogP contribution in [-0.2, 0) is 54.4 Å². The SMILES string of the molecule is CC(C)C[C@H](NC(=O)[C@H](C)N)C(=O)N[C@@H](CCC(N)=O)C(=O)NCC(=O)NCC(=O)NCC(=O)N1CCC[C@H]1C(=O)N1CCC[C@H]1C(=O)N[C@@H](Cc1ccc(O)cc1)C(=O)O. The van der Waals surface area contributed by atoms with Crippen LogP contribution in [0.25, 0.3) is 0 Å². The van der Waals surface area contributed by atoms with E-state index in [0.717, 1.165) is 0 Å². The van der Waals surface area contributed by atoms with Gasteiger partial charge in [-0.15, -0.1) is 0 Å². The van der Waals surface area contributed by atoms with E-state index < -0.39 is 115 Å². The average Bonchev–Trinajstić information content (AvgIpc) is 3.91. The third-order valence-corrected chi connectivity index (χ3v) is 10.1. The minimum Gasteiger partial charge on any atom is -0.508 e. The van der Waals surface area contributed by atoms with Gasteiger partial charge in [0.15, 0.2) is 0 Å². The zero-order valence-electron chi connectivity index (χ0n) is 34.6. The van der Waals surface area contributed by atoms with Crippen LogP contribution in [0.1, 0.15) is 71.3 Å². The van der Waals surface area contributed by atoms with Crippen LogP contribution in [0.4, 0.5) is 0 Å². The predicted molar refractivity (Wildman–Crippen MR) is 215 cm³/mol. The average molecular weight is 859 g/mol. The Morgan fingerprint density at radius 3 is 1.89 bits per heavy atom. The number of rotatable bonds is 22. The Morgan fingerprint density at radius 1 is 0.721 bits per heavy atom. The molecule has 12 N–H and O–H groups in total. The summed E-state index contributed by atoms with van der Waals surface area (Å²) in [5.74, 6) is -7.48. The van der Waals surface area contributed by atoms with Gasteiger partial charge in [0.2, 0.25) is 53.2 Å². The molecule has 6 atom stereocenters. The first-order valence-electron chi connectivity index (χ1n) is 20.1. The maximum atomic E-state index is 13.7. The first-order valence-corrected chi connectivity index (χ1v) is 20.1. The number of phenols is 1. The van der Waals surface area contributed by atoms with Gasteiger partial charge in [-0.3, -0.25) is 43.2 Å². The fourth-order valence-electron chi connectivity index (χ4n) is 6.86. The van der Waals surface area contributed by atoms with Gasteiger partial charge in [0.05, 0.1) is 25.7 Å². The zero-order valence-corrected chi connectivity index (χ0v) is 34.6. The molecule has 0 aliphatic carbocycles. The highest BCUT2D eigenvalue weighted by molar-refractivity contribution is 5.96. The number of nitrogens with one attached hydrogen (secondary N) is 6. The molecule has 0 unspecified atom stereocenters. The fraction of sp³-hybridized carbons (Fsp3) is 0.590. The predicted octanol–water partition coefficient (Wildman–Crippen LogP) is -3.54. The maximum Gasteiger partial charge on any atom is 0.326 e. The van der Waals surface area contributed by atoms with Crippen LogP contribution in [-0.4, -0.2) is 148 Å². The Labute approximate surface area is 352 Å². The Kier molecular flexibility index (Phi) is 18.9. The number of aliphatic carboxylic acids is 1. The minimum absolute atomic E-state index is 0.00225.